The highest BCUT2D eigenvalue weighted by molar-refractivity contribution is 5.78. The number of hydrogen-bond donors (Lipinski definition) is 1. The fraction of sp³-hybridized carbons (Fsp3) is 0.350. The fourth-order valence-corrected chi connectivity index (χ4v) is 2.75. The number of para-hydroxylation sites is 1. The summed E-state index contributed by atoms with van der Waals surface area (Å²) in [5, 5.41) is 3.01. The van der Waals surface area contributed by atoms with Crippen LogP contribution in [0, 0.1) is 27.7 Å². The molecule has 0 bridgehead atoms. The first-order valence-corrected chi connectivity index (χ1v) is 7.94. The molecular weight excluding hydrogens is 286 g/mol. The fourth-order valence-electron chi connectivity index (χ4n) is 2.75. The summed E-state index contributed by atoms with van der Waals surface area (Å²) in [6.45, 7) is 10.1. The van der Waals surface area contributed by atoms with Gasteiger partial charge in [-0.15, -0.1) is 0 Å². The van der Waals surface area contributed by atoms with Crippen LogP contribution in [0.25, 0.3) is 0 Å². The van der Waals surface area contributed by atoms with Crippen LogP contribution in [0.4, 0.5) is 0 Å². The number of amides is 1. The van der Waals surface area contributed by atoms with Crippen molar-refractivity contribution in [3.8, 4) is 5.75 Å². The highest BCUT2D eigenvalue weighted by atomic mass is 16.5. The lowest BCUT2D eigenvalue weighted by atomic mass is 10.00. The molecule has 2 rings (SSSR count). The quantitative estimate of drug-likeness (QED) is 0.899. The highest BCUT2D eigenvalue weighted by Gasteiger charge is 2.13. The summed E-state index contributed by atoms with van der Waals surface area (Å²) in [5.74, 6) is 0.683. The molecule has 122 valence electrons. The minimum absolute atomic E-state index is 0.0287. The summed E-state index contributed by atoms with van der Waals surface area (Å²) in [7, 11) is 0. The molecule has 0 saturated carbocycles. The number of rotatable bonds is 5. The van der Waals surface area contributed by atoms with Crippen LogP contribution in [-0.2, 0) is 4.79 Å². The van der Waals surface area contributed by atoms with Crippen molar-refractivity contribution in [2.75, 3.05) is 6.61 Å². The second-order valence-electron chi connectivity index (χ2n) is 6.16. The van der Waals surface area contributed by atoms with E-state index >= 15 is 0 Å². The molecule has 1 atom stereocenters. The van der Waals surface area contributed by atoms with Crippen molar-refractivity contribution in [1.29, 1.82) is 0 Å². The van der Waals surface area contributed by atoms with Gasteiger partial charge in [-0.3, -0.25) is 4.79 Å². The molecule has 1 amide bonds. The van der Waals surface area contributed by atoms with Crippen molar-refractivity contribution in [2.45, 2.75) is 40.7 Å². The van der Waals surface area contributed by atoms with E-state index in [-0.39, 0.29) is 18.6 Å². The molecule has 0 aliphatic heterocycles. The van der Waals surface area contributed by atoms with Crippen LogP contribution in [0.5, 0.6) is 5.75 Å². The molecule has 2 aromatic rings. The Morgan fingerprint density at radius 2 is 1.70 bits per heavy atom. The average Bonchev–Trinajstić information content (AvgIpc) is 2.49. The molecule has 1 N–H and O–H groups in total. The van der Waals surface area contributed by atoms with Crippen molar-refractivity contribution in [1.82, 2.24) is 5.32 Å². The normalized spacial score (nSPS) is 11.9. The maximum atomic E-state index is 12.2. The number of carbonyl (C=O) groups is 1. The number of benzene rings is 2. The van der Waals surface area contributed by atoms with E-state index in [1.165, 1.54) is 11.1 Å². The maximum absolute atomic E-state index is 12.2. The van der Waals surface area contributed by atoms with E-state index < -0.39 is 0 Å². The van der Waals surface area contributed by atoms with E-state index in [0.29, 0.717) is 0 Å². The predicted octanol–water partition coefficient (Wildman–Crippen LogP) is 4.18. The van der Waals surface area contributed by atoms with Crippen molar-refractivity contribution >= 4 is 5.91 Å². The van der Waals surface area contributed by atoms with Crippen molar-refractivity contribution in [2.24, 2.45) is 0 Å². The first-order chi connectivity index (χ1) is 10.9. The molecule has 0 radical (unpaired) electrons. The molecule has 0 heterocycles. The molecule has 23 heavy (non-hydrogen) atoms. The zero-order valence-electron chi connectivity index (χ0n) is 14.6. The monoisotopic (exact) mass is 311 g/mol. The van der Waals surface area contributed by atoms with Gasteiger partial charge in [0.05, 0.1) is 6.04 Å². The summed E-state index contributed by atoms with van der Waals surface area (Å²) in [4.78, 5) is 12.2. The largest absolute Gasteiger partial charge is 0.483 e. The Kier molecular flexibility index (Phi) is 5.43. The van der Waals surface area contributed by atoms with E-state index in [9.17, 15) is 4.79 Å². The molecule has 3 heteroatoms. The lowest BCUT2D eigenvalue weighted by Crippen LogP contribution is -2.31. The number of nitrogens with one attached hydrogen (secondary N) is 1. The Hall–Kier alpha value is -2.29. The van der Waals surface area contributed by atoms with Gasteiger partial charge in [0.2, 0.25) is 0 Å². The molecular formula is C20H25NO2. The van der Waals surface area contributed by atoms with Gasteiger partial charge >= 0.3 is 0 Å². The standard InChI is InChI=1S/C20H25NO2/c1-13-9-10-14(2)18(11-13)17(5)21-19(22)12-23-20-15(3)7-6-8-16(20)4/h6-11,17H,12H2,1-5H3,(H,21,22). The van der Waals surface area contributed by atoms with Crippen LogP contribution in [0.15, 0.2) is 36.4 Å². The SMILES string of the molecule is Cc1ccc(C)c(C(C)NC(=O)COc2c(C)cccc2C)c1. The third-order valence-corrected chi connectivity index (χ3v) is 4.04. The first-order valence-electron chi connectivity index (χ1n) is 7.94. The Bertz CT molecular complexity index is 687. The molecule has 0 aliphatic rings. The van der Waals surface area contributed by atoms with E-state index in [1.807, 2.05) is 39.0 Å². The molecule has 0 aliphatic carbocycles. The van der Waals surface area contributed by atoms with E-state index in [2.05, 4.69) is 37.4 Å². The number of aryl methyl sites for hydroxylation is 4. The van der Waals surface area contributed by atoms with Gasteiger partial charge in [0.25, 0.3) is 5.91 Å². The van der Waals surface area contributed by atoms with Gasteiger partial charge in [-0.1, -0.05) is 42.0 Å². The topological polar surface area (TPSA) is 38.3 Å². The van der Waals surface area contributed by atoms with Crippen LogP contribution < -0.4 is 10.1 Å². The number of carbonyl (C=O) groups excluding carboxylic acids is 1. The number of hydrogen-bond acceptors (Lipinski definition) is 2. The van der Waals surface area contributed by atoms with Crippen molar-refractivity contribution in [3.05, 3.63) is 64.2 Å². The Morgan fingerprint density at radius 3 is 2.35 bits per heavy atom. The van der Waals surface area contributed by atoms with Gasteiger partial charge in [0.15, 0.2) is 6.61 Å². The summed E-state index contributed by atoms with van der Waals surface area (Å²) >= 11 is 0. The molecule has 0 saturated heterocycles. The minimum atomic E-state index is -0.110. The van der Waals surface area contributed by atoms with E-state index in [4.69, 9.17) is 4.74 Å². The Morgan fingerprint density at radius 1 is 1.04 bits per heavy atom. The summed E-state index contributed by atoms with van der Waals surface area (Å²) in [5.41, 5.74) is 5.60. The lowest BCUT2D eigenvalue weighted by molar-refractivity contribution is -0.123. The van der Waals surface area contributed by atoms with E-state index in [1.54, 1.807) is 0 Å². The van der Waals surface area contributed by atoms with Crippen LogP contribution in [-0.4, -0.2) is 12.5 Å². The van der Waals surface area contributed by atoms with Gasteiger partial charge in [-0.25, -0.2) is 0 Å². The second kappa shape index (κ2) is 7.32. The minimum Gasteiger partial charge on any atom is -0.483 e. The van der Waals surface area contributed by atoms with Crippen LogP contribution in [0.3, 0.4) is 0 Å². The molecule has 0 fully saturated rings. The third-order valence-electron chi connectivity index (χ3n) is 4.04. The first kappa shape index (κ1) is 17.1. The van der Waals surface area contributed by atoms with Crippen molar-refractivity contribution in [3.63, 3.8) is 0 Å². The van der Waals surface area contributed by atoms with Gasteiger partial charge in [-0.2, -0.15) is 0 Å². The average molecular weight is 311 g/mol. The summed E-state index contributed by atoms with van der Waals surface area (Å²) in [6.07, 6.45) is 0. The zero-order chi connectivity index (χ0) is 17.0. The van der Waals surface area contributed by atoms with Crippen molar-refractivity contribution < 1.29 is 9.53 Å². The molecule has 3 nitrogen and oxygen atoms in total. The molecule has 2 aromatic carbocycles. The van der Waals surface area contributed by atoms with Crippen LogP contribution in [0.2, 0.25) is 0 Å². The molecule has 0 aromatic heterocycles. The van der Waals surface area contributed by atoms with Gasteiger partial charge < -0.3 is 10.1 Å². The maximum Gasteiger partial charge on any atom is 0.258 e. The Labute approximate surface area is 138 Å². The van der Waals surface area contributed by atoms with E-state index in [0.717, 1.165) is 22.4 Å². The lowest BCUT2D eigenvalue weighted by Gasteiger charge is -2.18. The van der Waals surface area contributed by atoms with Crippen LogP contribution >= 0.6 is 0 Å². The van der Waals surface area contributed by atoms with Gasteiger partial charge in [-0.05, 0) is 56.9 Å². The Balaban J connectivity index is 1.98. The summed E-state index contributed by atoms with van der Waals surface area (Å²) in [6, 6.07) is 12.2. The smallest absolute Gasteiger partial charge is 0.258 e. The zero-order valence-corrected chi connectivity index (χ0v) is 14.6. The highest BCUT2D eigenvalue weighted by Crippen LogP contribution is 2.22. The van der Waals surface area contributed by atoms with Gasteiger partial charge in [0.1, 0.15) is 5.75 Å². The molecule has 1 unspecified atom stereocenters. The third kappa shape index (κ3) is 4.35. The van der Waals surface area contributed by atoms with Gasteiger partial charge in [0, 0.05) is 0 Å². The number of ether oxygens (including phenoxy) is 1. The van der Waals surface area contributed by atoms with Crippen LogP contribution in [0.1, 0.15) is 40.8 Å². The predicted molar refractivity (Wildman–Crippen MR) is 93.9 cm³/mol. The summed E-state index contributed by atoms with van der Waals surface area (Å²) < 4.78 is 5.71. The second-order valence-corrected chi connectivity index (χ2v) is 6.16. The molecule has 0 spiro atoms.